The van der Waals surface area contributed by atoms with Crippen LogP contribution in [0.1, 0.15) is 37.3 Å². The van der Waals surface area contributed by atoms with Crippen molar-refractivity contribution in [2.75, 3.05) is 13.1 Å². The van der Waals surface area contributed by atoms with Gasteiger partial charge in [0.05, 0.1) is 12.1 Å². The van der Waals surface area contributed by atoms with Gasteiger partial charge in [0.15, 0.2) is 0 Å². The molecule has 1 saturated heterocycles. The second kappa shape index (κ2) is 7.16. The lowest BCUT2D eigenvalue weighted by atomic mass is 9.94. The van der Waals surface area contributed by atoms with Gasteiger partial charge in [0.2, 0.25) is 0 Å². The number of nitrogens with one attached hydrogen (secondary N) is 3. The minimum absolute atomic E-state index is 0.131. The fourth-order valence-electron chi connectivity index (χ4n) is 3.02. The molecule has 2 heterocycles. The van der Waals surface area contributed by atoms with Crippen LogP contribution in [-0.4, -0.2) is 27.9 Å². The Labute approximate surface area is 135 Å². The van der Waals surface area contributed by atoms with Crippen LogP contribution >= 0.6 is 0 Å². The fourth-order valence-corrected chi connectivity index (χ4v) is 3.02. The SMILES string of the molecule is CCn1ncnc1C(C)NCC1CNNC1c1ccc(F)cc1. The standard InChI is InChI=1S/C16H23FN6/c1-3-23-16(19-10-21-23)11(2)18-8-13-9-20-22-15(13)12-4-6-14(17)7-5-12/h4-7,10-11,13,15,18,20,22H,3,8-9H2,1-2H3. The molecule has 0 saturated carbocycles. The maximum absolute atomic E-state index is 13.1. The Kier molecular flexibility index (Phi) is 5.00. The van der Waals surface area contributed by atoms with Crippen LogP contribution in [0.15, 0.2) is 30.6 Å². The number of halogens is 1. The molecule has 3 rings (SSSR count). The van der Waals surface area contributed by atoms with Gasteiger partial charge in [-0.3, -0.25) is 5.43 Å². The summed E-state index contributed by atoms with van der Waals surface area (Å²) in [7, 11) is 0. The number of benzene rings is 1. The fraction of sp³-hybridized carbons (Fsp3) is 0.500. The van der Waals surface area contributed by atoms with Crippen molar-refractivity contribution in [1.29, 1.82) is 0 Å². The Morgan fingerprint density at radius 1 is 1.39 bits per heavy atom. The maximum atomic E-state index is 13.1. The number of nitrogens with zero attached hydrogens (tertiary/aromatic N) is 3. The van der Waals surface area contributed by atoms with Gasteiger partial charge in [-0.1, -0.05) is 12.1 Å². The number of rotatable bonds is 6. The van der Waals surface area contributed by atoms with Crippen LogP contribution in [0, 0.1) is 11.7 Å². The zero-order chi connectivity index (χ0) is 16.2. The van der Waals surface area contributed by atoms with Gasteiger partial charge >= 0.3 is 0 Å². The van der Waals surface area contributed by atoms with E-state index in [4.69, 9.17) is 0 Å². The van der Waals surface area contributed by atoms with Crippen molar-refractivity contribution in [3.8, 4) is 0 Å². The molecule has 6 nitrogen and oxygen atoms in total. The lowest BCUT2D eigenvalue weighted by molar-refractivity contribution is 0.404. The van der Waals surface area contributed by atoms with Crippen LogP contribution in [0.5, 0.6) is 0 Å². The second-order valence-corrected chi connectivity index (χ2v) is 5.88. The van der Waals surface area contributed by atoms with Crippen LogP contribution in [0.3, 0.4) is 0 Å². The number of hydrazine groups is 1. The molecular weight excluding hydrogens is 295 g/mol. The molecule has 2 aromatic rings. The first-order valence-electron chi connectivity index (χ1n) is 8.04. The first-order chi connectivity index (χ1) is 11.2. The van der Waals surface area contributed by atoms with Gasteiger partial charge in [0.1, 0.15) is 18.0 Å². The number of aryl methyl sites for hydroxylation is 1. The van der Waals surface area contributed by atoms with Crippen molar-refractivity contribution in [1.82, 2.24) is 30.9 Å². The summed E-state index contributed by atoms with van der Waals surface area (Å²) in [5, 5.41) is 7.75. The molecule has 23 heavy (non-hydrogen) atoms. The minimum Gasteiger partial charge on any atom is -0.307 e. The van der Waals surface area contributed by atoms with Gasteiger partial charge in [-0.15, -0.1) is 0 Å². The van der Waals surface area contributed by atoms with Gasteiger partial charge < -0.3 is 5.32 Å². The van der Waals surface area contributed by atoms with E-state index in [0.717, 1.165) is 31.0 Å². The van der Waals surface area contributed by atoms with Crippen LogP contribution in [-0.2, 0) is 6.54 Å². The molecule has 3 N–H and O–H groups in total. The average molecular weight is 318 g/mol. The largest absolute Gasteiger partial charge is 0.307 e. The summed E-state index contributed by atoms with van der Waals surface area (Å²) in [6.07, 6.45) is 1.59. The predicted octanol–water partition coefficient (Wildman–Crippen LogP) is 1.55. The molecular formula is C16H23FN6. The molecule has 0 bridgehead atoms. The summed E-state index contributed by atoms with van der Waals surface area (Å²) >= 11 is 0. The molecule has 0 spiro atoms. The zero-order valence-corrected chi connectivity index (χ0v) is 13.5. The summed E-state index contributed by atoms with van der Waals surface area (Å²) in [4.78, 5) is 4.34. The molecule has 7 heteroatoms. The van der Waals surface area contributed by atoms with Crippen LogP contribution < -0.4 is 16.2 Å². The van der Waals surface area contributed by atoms with Crippen molar-refractivity contribution in [2.24, 2.45) is 5.92 Å². The Bertz CT molecular complexity index is 626. The first kappa shape index (κ1) is 16.0. The Balaban J connectivity index is 1.62. The number of hydrogen-bond acceptors (Lipinski definition) is 5. The third kappa shape index (κ3) is 3.57. The normalized spacial score (nSPS) is 22.4. The van der Waals surface area contributed by atoms with E-state index in [1.54, 1.807) is 6.33 Å². The van der Waals surface area contributed by atoms with Gasteiger partial charge in [0.25, 0.3) is 0 Å². The molecule has 3 atom stereocenters. The van der Waals surface area contributed by atoms with Crippen molar-refractivity contribution >= 4 is 0 Å². The van der Waals surface area contributed by atoms with Gasteiger partial charge in [0, 0.05) is 25.6 Å². The number of aromatic nitrogens is 3. The Hall–Kier alpha value is -1.83. The van der Waals surface area contributed by atoms with E-state index in [-0.39, 0.29) is 17.9 Å². The monoisotopic (exact) mass is 318 g/mol. The lowest BCUT2D eigenvalue weighted by Gasteiger charge is -2.21. The Morgan fingerprint density at radius 3 is 2.91 bits per heavy atom. The smallest absolute Gasteiger partial charge is 0.143 e. The molecule has 0 aliphatic carbocycles. The van der Waals surface area contributed by atoms with E-state index in [1.165, 1.54) is 12.1 Å². The molecule has 0 radical (unpaired) electrons. The summed E-state index contributed by atoms with van der Waals surface area (Å²) in [5.41, 5.74) is 7.57. The lowest BCUT2D eigenvalue weighted by Crippen LogP contribution is -2.31. The summed E-state index contributed by atoms with van der Waals surface area (Å²) < 4.78 is 15.0. The molecule has 1 aliphatic rings. The van der Waals surface area contributed by atoms with E-state index < -0.39 is 0 Å². The third-order valence-corrected chi connectivity index (χ3v) is 4.34. The van der Waals surface area contributed by atoms with E-state index in [0.29, 0.717) is 5.92 Å². The summed E-state index contributed by atoms with van der Waals surface area (Å²) in [6.45, 7) is 6.66. The highest BCUT2D eigenvalue weighted by atomic mass is 19.1. The molecule has 1 aromatic carbocycles. The Morgan fingerprint density at radius 2 is 2.17 bits per heavy atom. The van der Waals surface area contributed by atoms with Crippen molar-refractivity contribution in [3.63, 3.8) is 0 Å². The maximum Gasteiger partial charge on any atom is 0.143 e. The third-order valence-electron chi connectivity index (χ3n) is 4.34. The molecule has 0 amide bonds. The number of hydrogen-bond donors (Lipinski definition) is 3. The molecule has 124 valence electrons. The van der Waals surface area contributed by atoms with E-state index in [1.807, 2.05) is 16.8 Å². The molecule has 1 aliphatic heterocycles. The quantitative estimate of drug-likeness (QED) is 0.754. The van der Waals surface area contributed by atoms with E-state index >= 15 is 0 Å². The highest BCUT2D eigenvalue weighted by molar-refractivity contribution is 5.21. The second-order valence-electron chi connectivity index (χ2n) is 5.88. The molecule has 3 unspecified atom stereocenters. The van der Waals surface area contributed by atoms with Gasteiger partial charge in [-0.2, -0.15) is 5.10 Å². The zero-order valence-electron chi connectivity index (χ0n) is 13.5. The molecule has 1 aromatic heterocycles. The van der Waals surface area contributed by atoms with Crippen LogP contribution in [0.2, 0.25) is 0 Å². The summed E-state index contributed by atoms with van der Waals surface area (Å²) in [5.74, 6) is 1.12. The van der Waals surface area contributed by atoms with Crippen molar-refractivity contribution in [2.45, 2.75) is 32.5 Å². The van der Waals surface area contributed by atoms with Gasteiger partial charge in [-0.25, -0.2) is 19.5 Å². The van der Waals surface area contributed by atoms with Crippen molar-refractivity contribution in [3.05, 3.63) is 47.8 Å². The first-order valence-corrected chi connectivity index (χ1v) is 8.04. The molecule has 1 fully saturated rings. The highest BCUT2D eigenvalue weighted by Gasteiger charge is 2.28. The van der Waals surface area contributed by atoms with Crippen LogP contribution in [0.4, 0.5) is 4.39 Å². The van der Waals surface area contributed by atoms with E-state index in [2.05, 4.69) is 40.1 Å². The summed E-state index contributed by atoms with van der Waals surface area (Å²) in [6, 6.07) is 6.98. The van der Waals surface area contributed by atoms with Crippen LogP contribution in [0.25, 0.3) is 0 Å². The van der Waals surface area contributed by atoms with Gasteiger partial charge in [-0.05, 0) is 31.5 Å². The van der Waals surface area contributed by atoms with E-state index in [9.17, 15) is 4.39 Å². The topological polar surface area (TPSA) is 66.8 Å². The average Bonchev–Trinajstić information content (AvgIpc) is 3.22. The minimum atomic E-state index is -0.207. The highest BCUT2D eigenvalue weighted by Crippen LogP contribution is 2.25. The predicted molar refractivity (Wildman–Crippen MR) is 85.9 cm³/mol. The van der Waals surface area contributed by atoms with Crippen molar-refractivity contribution < 1.29 is 4.39 Å².